The third-order valence-corrected chi connectivity index (χ3v) is 3.75. The van der Waals surface area contributed by atoms with E-state index in [2.05, 4.69) is 28.6 Å². The van der Waals surface area contributed by atoms with Crippen molar-refractivity contribution in [3.8, 4) is 0 Å². The van der Waals surface area contributed by atoms with Crippen LogP contribution in [0.25, 0.3) is 0 Å². The molecule has 1 atom stereocenters. The average molecular weight is 330 g/mol. The molecule has 1 aliphatic heterocycles. The lowest BCUT2D eigenvalue weighted by Gasteiger charge is -2.20. The van der Waals surface area contributed by atoms with Gasteiger partial charge >= 0.3 is 5.97 Å². The van der Waals surface area contributed by atoms with Crippen LogP contribution in [0.15, 0.2) is 22.7 Å². The Morgan fingerprint density at radius 3 is 2.83 bits per heavy atom. The topological polar surface area (TPSA) is 46.6 Å². The smallest absolute Gasteiger partial charge is 0.340 e. The molecule has 4 nitrogen and oxygen atoms in total. The number of hydrogen-bond donors (Lipinski definition) is 1. The van der Waals surface area contributed by atoms with Crippen molar-refractivity contribution in [1.82, 2.24) is 0 Å². The number of anilines is 1. The van der Waals surface area contributed by atoms with E-state index in [1.807, 2.05) is 0 Å². The standard InChI is InChI=1S/C12H12BrNO3S/c1-17-12(16)8-3-2-4-9(13)11(8)14-6-7(18)5-10(14)15/h2-4,7,18H,5-6H2,1H3. The number of benzene rings is 1. The number of nitrogens with zero attached hydrogens (tertiary/aromatic N) is 1. The summed E-state index contributed by atoms with van der Waals surface area (Å²) in [5.74, 6) is -0.492. The lowest BCUT2D eigenvalue weighted by Crippen LogP contribution is -2.27. The Morgan fingerprint density at radius 1 is 1.56 bits per heavy atom. The van der Waals surface area contributed by atoms with Crippen molar-refractivity contribution in [3.63, 3.8) is 0 Å². The van der Waals surface area contributed by atoms with Crippen LogP contribution >= 0.6 is 28.6 Å². The highest BCUT2D eigenvalue weighted by Gasteiger charge is 2.32. The van der Waals surface area contributed by atoms with Crippen LogP contribution in [0.2, 0.25) is 0 Å². The van der Waals surface area contributed by atoms with Crippen LogP contribution in [-0.2, 0) is 9.53 Å². The average Bonchev–Trinajstić information content (AvgIpc) is 2.67. The van der Waals surface area contributed by atoms with E-state index < -0.39 is 5.97 Å². The summed E-state index contributed by atoms with van der Waals surface area (Å²) in [6, 6.07) is 5.17. The molecule has 0 bridgehead atoms. The Morgan fingerprint density at radius 2 is 2.28 bits per heavy atom. The van der Waals surface area contributed by atoms with Gasteiger partial charge in [0.15, 0.2) is 0 Å². The molecule has 1 aromatic rings. The summed E-state index contributed by atoms with van der Waals surface area (Å²) in [5, 5.41) is -0.00453. The first-order valence-corrected chi connectivity index (χ1v) is 6.70. The molecule has 1 unspecified atom stereocenters. The maximum absolute atomic E-state index is 11.9. The first-order chi connectivity index (χ1) is 8.54. The Balaban J connectivity index is 2.49. The SMILES string of the molecule is COC(=O)c1cccc(Br)c1N1CC(S)CC1=O. The molecule has 0 aromatic heterocycles. The molecule has 1 aromatic carbocycles. The van der Waals surface area contributed by atoms with Crippen molar-refractivity contribution in [2.45, 2.75) is 11.7 Å². The van der Waals surface area contributed by atoms with E-state index in [1.54, 1.807) is 23.1 Å². The molecule has 0 radical (unpaired) electrons. The number of carbonyl (C=O) groups excluding carboxylic acids is 2. The second-order valence-electron chi connectivity index (χ2n) is 3.99. The summed E-state index contributed by atoms with van der Waals surface area (Å²) in [7, 11) is 1.32. The number of methoxy groups -OCH3 is 1. The predicted molar refractivity (Wildman–Crippen MR) is 75.2 cm³/mol. The molecule has 1 heterocycles. The van der Waals surface area contributed by atoms with Crippen LogP contribution in [0, 0.1) is 0 Å². The maximum Gasteiger partial charge on any atom is 0.340 e. The van der Waals surface area contributed by atoms with Gasteiger partial charge in [0, 0.05) is 22.7 Å². The van der Waals surface area contributed by atoms with Crippen LogP contribution in [-0.4, -0.2) is 30.8 Å². The van der Waals surface area contributed by atoms with Gasteiger partial charge in [-0.15, -0.1) is 0 Å². The van der Waals surface area contributed by atoms with E-state index in [4.69, 9.17) is 4.74 Å². The number of esters is 1. The van der Waals surface area contributed by atoms with Crippen molar-refractivity contribution in [1.29, 1.82) is 0 Å². The van der Waals surface area contributed by atoms with Gasteiger partial charge in [0.25, 0.3) is 0 Å². The highest BCUT2D eigenvalue weighted by atomic mass is 79.9. The summed E-state index contributed by atoms with van der Waals surface area (Å²) in [6.45, 7) is 0.495. The Labute approximate surface area is 119 Å². The number of ether oxygens (including phenoxy) is 1. The molecule has 18 heavy (non-hydrogen) atoms. The fourth-order valence-corrected chi connectivity index (χ4v) is 2.87. The van der Waals surface area contributed by atoms with Gasteiger partial charge < -0.3 is 9.64 Å². The molecule has 2 rings (SSSR count). The zero-order valence-electron chi connectivity index (χ0n) is 9.72. The normalized spacial score (nSPS) is 19.2. The summed E-state index contributed by atoms with van der Waals surface area (Å²) >= 11 is 7.69. The van der Waals surface area contributed by atoms with Crippen LogP contribution < -0.4 is 4.90 Å². The van der Waals surface area contributed by atoms with Crippen LogP contribution in [0.5, 0.6) is 0 Å². The number of amides is 1. The second kappa shape index (κ2) is 5.32. The molecule has 1 aliphatic rings. The number of para-hydroxylation sites is 1. The fourth-order valence-electron chi connectivity index (χ4n) is 1.97. The molecule has 1 fully saturated rings. The minimum atomic E-state index is -0.457. The van der Waals surface area contributed by atoms with Crippen LogP contribution in [0.1, 0.15) is 16.8 Å². The molecule has 0 spiro atoms. The van der Waals surface area contributed by atoms with E-state index in [9.17, 15) is 9.59 Å². The summed E-state index contributed by atoms with van der Waals surface area (Å²) in [6.07, 6.45) is 0.380. The molecular weight excluding hydrogens is 318 g/mol. The van der Waals surface area contributed by atoms with E-state index >= 15 is 0 Å². The van der Waals surface area contributed by atoms with Gasteiger partial charge in [0.1, 0.15) is 0 Å². The Bertz CT molecular complexity index is 506. The second-order valence-corrected chi connectivity index (χ2v) is 5.57. The molecule has 0 N–H and O–H groups in total. The summed E-state index contributed by atoms with van der Waals surface area (Å²) in [4.78, 5) is 25.2. The van der Waals surface area contributed by atoms with Gasteiger partial charge in [0.05, 0.1) is 18.4 Å². The third-order valence-electron chi connectivity index (χ3n) is 2.77. The summed E-state index contributed by atoms with van der Waals surface area (Å²) in [5.41, 5.74) is 0.938. The first-order valence-electron chi connectivity index (χ1n) is 5.40. The zero-order chi connectivity index (χ0) is 13.3. The van der Waals surface area contributed by atoms with E-state index in [1.165, 1.54) is 7.11 Å². The van der Waals surface area contributed by atoms with E-state index in [0.29, 0.717) is 28.7 Å². The third kappa shape index (κ3) is 2.40. The van der Waals surface area contributed by atoms with Crippen molar-refractivity contribution in [2.24, 2.45) is 0 Å². The lowest BCUT2D eigenvalue weighted by atomic mass is 10.1. The quantitative estimate of drug-likeness (QED) is 0.668. The molecular formula is C12H12BrNO3S. The van der Waals surface area contributed by atoms with Crippen LogP contribution in [0.3, 0.4) is 0 Å². The van der Waals surface area contributed by atoms with Crippen LogP contribution in [0.4, 0.5) is 5.69 Å². The predicted octanol–water partition coefficient (Wildman–Crippen LogP) is 2.27. The Kier molecular flexibility index (Phi) is 3.97. The van der Waals surface area contributed by atoms with Gasteiger partial charge in [-0.3, -0.25) is 4.79 Å². The Hall–Kier alpha value is -1.01. The van der Waals surface area contributed by atoms with Crippen molar-refractivity contribution in [3.05, 3.63) is 28.2 Å². The fraction of sp³-hybridized carbons (Fsp3) is 0.333. The zero-order valence-corrected chi connectivity index (χ0v) is 12.2. The molecule has 1 amide bonds. The van der Waals surface area contributed by atoms with E-state index in [-0.39, 0.29) is 11.2 Å². The van der Waals surface area contributed by atoms with Gasteiger partial charge in [-0.1, -0.05) is 6.07 Å². The minimum Gasteiger partial charge on any atom is -0.465 e. The highest BCUT2D eigenvalue weighted by Crippen LogP contribution is 2.34. The first kappa shape index (κ1) is 13.4. The van der Waals surface area contributed by atoms with E-state index in [0.717, 1.165) is 0 Å². The molecule has 1 saturated heterocycles. The summed E-state index contributed by atoms with van der Waals surface area (Å²) < 4.78 is 5.43. The van der Waals surface area contributed by atoms with Gasteiger partial charge in [0.2, 0.25) is 5.91 Å². The van der Waals surface area contributed by atoms with Gasteiger partial charge in [-0.25, -0.2) is 4.79 Å². The maximum atomic E-state index is 11.9. The van der Waals surface area contributed by atoms with Crippen molar-refractivity contribution < 1.29 is 14.3 Å². The number of hydrogen-bond acceptors (Lipinski definition) is 4. The lowest BCUT2D eigenvalue weighted by molar-refractivity contribution is -0.117. The van der Waals surface area contributed by atoms with Crippen molar-refractivity contribution in [2.75, 3.05) is 18.6 Å². The minimum absolute atomic E-state index is 0.00453. The van der Waals surface area contributed by atoms with Gasteiger partial charge in [-0.05, 0) is 28.1 Å². The number of halogens is 1. The van der Waals surface area contributed by atoms with Gasteiger partial charge in [-0.2, -0.15) is 12.6 Å². The number of carbonyl (C=O) groups is 2. The highest BCUT2D eigenvalue weighted by molar-refractivity contribution is 9.10. The number of rotatable bonds is 2. The molecule has 0 aliphatic carbocycles. The molecule has 6 heteroatoms. The molecule has 0 saturated carbocycles. The largest absolute Gasteiger partial charge is 0.465 e. The monoisotopic (exact) mass is 329 g/mol. The van der Waals surface area contributed by atoms with Crippen molar-refractivity contribution >= 4 is 46.1 Å². The molecule has 96 valence electrons. The number of thiol groups is 1.